The summed E-state index contributed by atoms with van der Waals surface area (Å²) in [6.45, 7) is 1.86. The Labute approximate surface area is 200 Å². The van der Waals surface area contributed by atoms with Gasteiger partial charge in [-0.1, -0.05) is 64.6 Å². The summed E-state index contributed by atoms with van der Waals surface area (Å²) >= 11 is 24.3. The first-order valence-electron chi connectivity index (χ1n) is 8.97. The number of nitrogens with zero attached hydrogens (tertiary/aromatic N) is 1. The molecular formula is C21H16Cl4N2O3S. The highest BCUT2D eigenvalue weighted by atomic mass is 35.5. The quantitative estimate of drug-likeness (QED) is 0.392. The van der Waals surface area contributed by atoms with Crippen molar-refractivity contribution >= 4 is 73.7 Å². The van der Waals surface area contributed by atoms with Gasteiger partial charge in [0.1, 0.15) is 4.90 Å². The number of benzene rings is 3. The third-order valence-corrected chi connectivity index (χ3v) is 7.40. The first-order chi connectivity index (χ1) is 14.6. The monoisotopic (exact) mass is 516 g/mol. The summed E-state index contributed by atoms with van der Waals surface area (Å²) in [6.07, 6.45) is 0. The number of para-hydroxylation sites is 1. The van der Waals surface area contributed by atoms with Crippen molar-refractivity contribution in [1.82, 2.24) is 0 Å². The predicted molar refractivity (Wildman–Crippen MR) is 128 cm³/mol. The topological polar surface area (TPSA) is 66.5 Å². The summed E-state index contributed by atoms with van der Waals surface area (Å²) in [4.78, 5) is 12.6. The molecule has 1 N–H and O–H groups in total. The van der Waals surface area contributed by atoms with Gasteiger partial charge in [-0.3, -0.25) is 9.10 Å². The van der Waals surface area contributed by atoms with Gasteiger partial charge < -0.3 is 5.32 Å². The summed E-state index contributed by atoms with van der Waals surface area (Å²) < 4.78 is 27.9. The second-order valence-electron chi connectivity index (χ2n) is 6.38. The number of sulfonamides is 1. The maximum atomic E-state index is 13.4. The molecule has 0 aliphatic rings. The van der Waals surface area contributed by atoms with E-state index in [1.54, 1.807) is 37.3 Å². The molecule has 0 radical (unpaired) electrons. The van der Waals surface area contributed by atoms with Crippen molar-refractivity contribution in [3.05, 3.63) is 86.3 Å². The Morgan fingerprint density at radius 3 is 2.10 bits per heavy atom. The van der Waals surface area contributed by atoms with Gasteiger partial charge in [0.25, 0.3) is 15.9 Å². The third-order valence-electron chi connectivity index (χ3n) is 4.29. The number of halogens is 4. The van der Waals surface area contributed by atoms with E-state index in [4.69, 9.17) is 46.4 Å². The third kappa shape index (κ3) is 5.27. The molecule has 0 atom stereocenters. The van der Waals surface area contributed by atoms with E-state index in [2.05, 4.69) is 5.32 Å². The minimum absolute atomic E-state index is 0.00247. The summed E-state index contributed by atoms with van der Waals surface area (Å²) in [6, 6.07) is 15.5. The van der Waals surface area contributed by atoms with E-state index in [9.17, 15) is 13.2 Å². The van der Waals surface area contributed by atoms with Crippen LogP contribution in [0.1, 0.15) is 17.3 Å². The normalized spacial score (nSPS) is 11.3. The number of hydrogen-bond donors (Lipinski definition) is 1. The van der Waals surface area contributed by atoms with Gasteiger partial charge in [-0.05, 0) is 49.4 Å². The fourth-order valence-electron chi connectivity index (χ4n) is 2.93. The fraction of sp³-hybridized carbons (Fsp3) is 0.0952. The van der Waals surface area contributed by atoms with Crippen molar-refractivity contribution in [2.24, 2.45) is 0 Å². The number of carbonyl (C=O) groups is 1. The lowest BCUT2D eigenvalue weighted by molar-refractivity contribution is 0.102. The minimum Gasteiger partial charge on any atom is -0.322 e. The molecule has 0 saturated heterocycles. The predicted octanol–water partition coefficient (Wildman–Crippen LogP) is 6.77. The number of carbonyl (C=O) groups excluding carboxylic acids is 1. The zero-order valence-electron chi connectivity index (χ0n) is 16.1. The van der Waals surface area contributed by atoms with Crippen LogP contribution in [-0.2, 0) is 10.0 Å². The van der Waals surface area contributed by atoms with Crippen molar-refractivity contribution in [2.75, 3.05) is 16.2 Å². The molecule has 0 aliphatic heterocycles. The van der Waals surface area contributed by atoms with Crippen LogP contribution in [0.3, 0.4) is 0 Å². The number of nitrogens with one attached hydrogen (secondary N) is 1. The molecule has 0 saturated carbocycles. The minimum atomic E-state index is -4.07. The molecule has 1 amide bonds. The van der Waals surface area contributed by atoms with Crippen LogP contribution in [0, 0.1) is 0 Å². The zero-order valence-corrected chi connectivity index (χ0v) is 19.9. The second kappa shape index (κ2) is 9.67. The molecule has 0 aromatic heterocycles. The molecule has 0 heterocycles. The number of amides is 1. The van der Waals surface area contributed by atoms with Crippen LogP contribution >= 0.6 is 46.4 Å². The Morgan fingerprint density at radius 1 is 0.903 bits per heavy atom. The Kier molecular flexibility index (Phi) is 7.39. The standard InChI is InChI=1S/C21H16Cl4N2O3S/c1-2-27(16-6-4-3-5-7-16)31(29,30)20-11-17(18(24)12-19(20)25)21(28)26-15-9-13(22)8-14(23)10-15/h3-12H,2H2,1H3,(H,26,28). The van der Waals surface area contributed by atoms with Gasteiger partial charge in [-0.25, -0.2) is 8.42 Å². The van der Waals surface area contributed by atoms with Crippen molar-refractivity contribution in [3.63, 3.8) is 0 Å². The molecule has 3 aromatic carbocycles. The maximum Gasteiger partial charge on any atom is 0.265 e. The van der Waals surface area contributed by atoms with Crippen LogP contribution in [0.2, 0.25) is 20.1 Å². The first kappa shape index (κ1) is 23.7. The van der Waals surface area contributed by atoms with Gasteiger partial charge in [-0.15, -0.1) is 0 Å². The highest BCUT2D eigenvalue weighted by molar-refractivity contribution is 7.93. The van der Waals surface area contributed by atoms with Gasteiger partial charge in [-0.2, -0.15) is 0 Å². The van der Waals surface area contributed by atoms with E-state index in [0.29, 0.717) is 21.4 Å². The number of anilines is 2. The van der Waals surface area contributed by atoms with Crippen molar-refractivity contribution in [3.8, 4) is 0 Å². The highest BCUT2D eigenvalue weighted by Crippen LogP contribution is 2.33. The summed E-state index contributed by atoms with van der Waals surface area (Å²) in [5, 5.41) is 3.17. The summed E-state index contributed by atoms with van der Waals surface area (Å²) in [5.74, 6) is -0.640. The molecule has 0 spiro atoms. The lowest BCUT2D eigenvalue weighted by atomic mass is 10.2. The second-order valence-corrected chi connectivity index (χ2v) is 9.90. The fourth-order valence-corrected chi connectivity index (χ4v) is 5.77. The molecule has 0 aliphatic carbocycles. The van der Waals surface area contributed by atoms with Crippen molar-refractivity contribution in [1.29, 1.82) is 0 Å². The molecule has 10 heteroatoms. The average Bonchev–Trinajstić information content (AvgIpc) is 2.68. The van der Waals surface area contributed by atoms with E-state index in [-0.39, 0.29) is 27.0 Å². The lowest BCUT2D eigenvalue weighted by Gasteiger charge is -2.24. The average molecular weight is 518 g/mol. The molecule has 162 valence electrons. The van der Waals surface area contributed by atoms with Crippen LogP contribution < -0.4 is 9.62 Å². The van der Waals surface area contributed by atoms with E-state index >= 15 is 0 Å². The molecule has 0 unspecified atom stereocenters. The number of hydrogen-bond acceptors (Lipinski definition) is 3. The van der Waals surface area contributed by atoms with E-state index in [1.807, 2.05) is 0 Å². The van der Waals surface area contributed by atoms with E-state index in [1.165, 1.54) is 28.6 Å². The Hall–Kier alpha value is -1.96. The largest absolute Gasteiger partial charge is 0.322 e. The van der Waals surface area contributed by atoms with Gasteiger partial charge >= 0.3 is 0 Å². The molecule has 31 heavy (non-hydrogen) atoms. The van der Waals surface area contributed by atoms with Crippen molar-refractivity contribution in [2.45, 2.75) is 11.8 Å². The Balaban J connectivity index is 2.03. The highest BCUT2D eigenvalue weighted by Gasteiger charge is 2.28. The first-order valence-corrected chi connectivity index (χ1v) is 11.9. The van der Waals surface area contributed by atoms with Crippen LogP contribution in [0.5, 0.6) is 0 Å². The van der Waals surface area contributed by atoms with Gasteiger partial charge in [0.15, 0.2) is 0 Å². The van der Waals surface area contributed by atoms with Gasteiger partial charge in [0, 0.05) is 22.3 Å². The van der Waals surface area contributed by atoms with E-state index in [0.717, 1.165) is 6.07 Å². The SMILES string of the molecule is CCN(c1ccccc1)S(=O)(=O)c1cc(C(=O)Nc2cc(Cl)cc(Cl)c2)c(Cl)cc1Cl. The van der Waals surface area contributed by atoms with Crippen LogP contribution in [0.15, 0.2) is 65.6 Å². The van der Waals surface area contributed by atoms with Crippen molar-refractivity contribution < 1.29 is 13.2 Å². The molecule has 3 rings (SSSR count). The zero-order chi connectivity index (χ0) is 22.8. The van der Waals surface area contributed by atoms with Crippen LogP contribution in [0.4, 0.5) is 11.4 Å². The lowest BCUT2D eigenvalue weighted by Crippen LogP contribution is -2.31. The Bertz CT molecular complexity index is 1210. The molecular weight excluding hydrogens is 502 g/mol. The summed E-state index contributed by atoms with van der Waals surface area (Å²) in [7, 11) is -4.07. The molecule has 5 nitrogen and oxygen atoms in total. The maximum absolute atomic E-state index is 13.4. The smallest absolute Gasteiger partial charge is 0.265 e. The Morgan fingerprint density at radius 2 is 1.52 bits per heavy atom. The molecule has 3 aromatic rings. The molecule has 0 bridgehead atoms. The van der Waals surface area contributed by atoms with Gasteiger partial charge in [0.05, 0.1) is 21.3 Å². The number of rotatable bonds is 6. The van der Waals surface area contributed by atoms with Gasteiger partial charge in [0.2, 0.25) is 0 Å². The summed E-state index contributed by atoms with van der Waals surface area (Å²) in [5.41, 5.74) is 0.734. The van der Waals surface area contributed by atoms with E-state index < -0.39 is 15.9 Å². The molecule has 0 fully saturated rings. The van der Waals surface area contributed by atoms with Crippen LogP contribution in [0.25, 0.3) is 0 Å². The van der Waals surface area contributed by atoms with Crippen LogP contribution in [-0.4, -0.2) is 20.9 Å².